The Morgan fingerprint density at radius 1 is 0.816 bits per heavy atom. The number of piperidine rings is 1. The van der Waals surface area contributed by atoms with Crippen molar-refractivity contribution in [1.82, 2.24) is 0 Å². The fourth-order valence-corrected chi connectivity index (χ4v) is 4.81. The molecular weight excluding hydrogens is 470 g/mol. The summed E-state index contributed by atoms with van der Waals surface area (Å²) in [6.45, 7) is 2.55. The highest BCUT2D eigenvalue weighted by atomic mass is 16.5. The maximum Gasteiger partial charge on any atom is 0.185 e. The van der Waals surface area contributed by atoms with E-state index in [1.54, 1.807) is 13.2 Å². The van der Waals surface area contributed by atoms with E-state index < -0.39 is 0 Å². The number of allylic oxidation sites excluding steroid dienone is 1. The van der Waals surface area contributed by atoms with E-state index in [0.29, 0.717) is 12.2 Å². The molecular formula is C34H33NO3. The molecule has 1 aliphatic heterocycles. The molecule has 0 aliphatic carbocycles. The van der Waals surface area contributed by atoms with Crippen LogP contribution >= 0.6 is 0 Å². The van der Waals surface area contributed by atoms with Crippen LogP contribution in [-0.2, 0) is 6.61 Å². The SMILES string of the molecule is COc1ccc(/C=C/C(=O)c2ccc(N3CCCCC3)cc2)cc1COc1ccc(-c2ccccc2)cc1. The van der Waals surface area contributed by atoms with Gasteiger partial charge in [-0.05, 0) is 90.6 Å². The number of methoxy groups -OCH3 is 1. The monoisotopic (exact) mass is 503 g/mol. The van der Waals surface area contributed by atoms with Crippen LogP contribution in [0, 0.1) is 0 Å². The Bertz CT molecular complexity index is 1370. The van der Waals surface area contributed by atoms with Crippen LogP contribution in [0.5, 0.6) is 11.5 Å². The number of carbonyl (C=O) groups is 1. The van der Waals surface area contributed by atoms with Crippen LogP contribution in [0.1, 0.15) is 40.7 Å². The molecule has 1 heterocycles. The molecule has 1 aliphatic rings. The lowest BCUT2D eigenvalue weighted by molar-refractivity contribution is 0.104. The van der Waals surface area contributed by atoms with Gasteiger partial charge < -0.3 is 14.4 Å². The highest BCUT2D eigenvalue weighted by Gasteiger charge is 2.12. The van der Waals surface area contributed by atoms with E-state index in [2.05, 4.69) is 41.3 Å². The Morgan fingerprint density at radius 2 is 1.53 bits per heavy atom. The maximum absolute atomic E-state index is 12.8. The fraction of sp³-hybridized carbons (Fsp3) is 0.206. The Labute approximate surface area is 225 Å². The molecule has 0 amide bonds. The van der Waals surface area contributed by atoms with Crippen LogP contribution in [0.3, 0.4) is 0 Å². The van der Waals surface area contributed by atoms with Gasteiger partial charge in [0.25, 0.3) is 0 Å². The summed E-state index contributed by atoms with van der Waals surface area (Å²) < 4.78 is 11.6. The van der Waals surface area contributed by atoms with Crippen LogP contribution in [-0.4, -0.2) is 26.0 Å². The molecule has 38 heavy (non-hydrogen) atoms. The zero-order valence-electron chi connectivity index (χ0n) is 21.8. The predicted octanol–water partition coefficient (Wildman–Crippen LogP) is 7.83. The third-order valence-electron chi connectivity index (χ3n) is 6.96. The van der Waals surface area contributed by atoms with E-state index in [-0.39, 0.29) is 5.78 Å². The zero-order valence-corrected chi connectivity index (χ0v) is 21.8. The molecule has 4 nitrogen and oxygen atoms in total. The van der Waals surface area contributed by atoms with Gasteiger partial charge in [0.15, 0.2) is 5.78 Å². The molecule has 0 saturated carbocycles. The largest absolute Gasteiger partial charge is 0.496 e. The van der Waals surface area contributed by atoms with Crippen molar-refractivity contribution in [1.29, 1.82) is 0 Å². The van der Waals surface area contributed by atoms with Gasteiger partial charge in [0.2, 0.25) is 0 Å². The molecule has 0 unspecified atom stereocenters. The average molecular weight is 504 g/mol. The number of benzene rings is 4. The van der Waals surface area contributed by atoms with E-state index in [4.69, 9.17) is 9.47 Å². The van der Waals surface area contributed by atoms with Crippen molar-refractivity contribution in [3.05, 3.63) is 120 Å². The first-order valence-corrected chi connectivity index (χ1v) is 13.2. The van der Waals surface area contributed by atoms with E-state index in [1.807, 2.05) is 66.7 Å². The van der Waals surface area contributed by atoms with Crippen molar-refractivity contribution >= 4 is 17.5 Å². The lowest BCUT2D eigenvalue weighted by Gasteiger charge is -2.28. The summed E-state index contributed by atoms with van der Waals surface area (Å²) >= 11 is 0. The van der Waals surface area contributed by atoms with Crippen LogP contribution in [0.25, 0.3) is 17.2 Å². The Hall–Kier alpha value is -4.31. The first-order valence-electron chi connectivity index (χ1n) is 13.2. The van der Waals surface area contributed by atoms with Crippen molar-refractivity contribution in [2.24, 2.45) is 0 Å². The van der Waals surface area contributed by atoms with Gasteiger partial charge in [0, 0.05) is 29.9 Å². The summed E-state index contributed by atoms with van der Waals surface area (Å²) in [5.41, 5.74) is 6.04. The minimum atomic E-state index is -0.0117. The molecule has 0 spiro atoms. The third-order valence-corrected chi connectivity index (χ3v) is 6.96. The number of rotatable bonds is 9. The van der Waals surface area contributed by atoms with Crippen LogP contribution in [0.2, 0.25) is 0 Å². The van der Waals surface area contributed by atoms with Crippen molar-refractivity contribution in [3.63, 3.8) is 0 Å². The quantitative estimate of drug-likeness (QED) is 0.172. The first kappa shape index (κ1) is 25.3. The van der Waals surface area contributed by atoms with E-state index >= 15 is 0 Å². The molecule has 0 atom stereocenters. The van der Waals surface area contributed by atoms with Gasteiger partial charge in [-0.25, -0.2) is 0 Å². The number of ketones is 1. The van der Waals surface area contributed by atoms with Gasteiger partial charge >= 0.3 is 0 Å². The van der Waals surface area contributed by atoms with Crippen LogP contribution in [0.4, 0.5) is 5.69 Å². The zero-order chi connectivity index (χ0) is 26.2. The first-order chi connectivity index (χ1) is 18.7. The van der Waals surface area contributed by atoms with Gasteiger partial charge in [-0.3, -0.25) is 4.79 Å². The number of nitrogens with zero attached hydrogens (tertiary/aromatic N) is 1. The van der Waals surface area contributed by atoms with Gasteiger partial charge in [-0.2, -0.15) is 0 Å². The molecule has 0 radical (unpaired) electrons. The summed E-state index contributed by atoms with van der Waals surface area (Å²) in [6.07, 6.45) is 7.25. The predicted molar refractivity (Wildman–Crippen MR) is 155 cm³/mol. The standard InChI is InChI=1S/C34H33NO3/c1-37-34-21-11-26(10-20-33(36)29-12-16-31(17-13-29)35-22-6-3-7-23-35)24-30(34)25-38-32-18-14-28(15-19-32)27-8-4-2-5-9-27/h2,4-5,8-21,24H,3,6-7,22-23,25H2,1H3/b20-10+. The topological polar surface area (TPSA) is 38.8 Å². The van der Waals surface area contributed by atoms with Gasteiger partial charge in [-0.15, -0.1) is 0 Å². The maximum atomic E-state index is 12.8. The molecule has 0 aromatic heterocycles. The van der Waals surface area contributed by atoms with Gasteiger partial charge in [-0.1, -0.05) is 54.6 Å². The number of ether oxygens (including phenoxy) is 2. The highest BCUT2D eigenvalue weighted by molar-refractivity contribution is 6.07. The smallest absolute Gasteiger partial charge is 0.185 e. The molecule has 4 heteroatoms. The minimum Gasteiger partial charge on any atom is -0.496 e. The highest BCUT2D eigenvalue weighted by Crippen LogP contribution is 2.26. The van der Waals surface area contributed by atoms with E-state index in [1.165, 1.54) is 30.5 Å². The Kier molecular flexibility index (Phi) is 8.19. The lowest BCUT2D eigenvalue weighted by Crippen LogP contribution is -2.29. The summed E-state index contributed by atoms with van der Waals surface area (Å²) in [4.78, 5) is 15.2. The van der Waals surface area contributed by atoms with E-state index in [9.17, 15) is 4.79 Å². The summed E-state index contributed by atoms with van der Waals surface area (Å²) in [6, 6.07) is 32.2. The lowest BCUT2D eigenvalue weighted by atomic mass is 10.1. The minimum absolute atomic E-state index is 0.0117. The molecule has 0 N–H and O–H groups in total. The second kappa shape index (κ2) is 12.3. The van der Waals surface area contributed by atoms with E-state index in [0.717, 1.165) is 41.3 Å². The van der Waals surface area contributed by atoms with Crippen LogP contribution < -0.4 is 14.4 Å². The molecule has 1 fully saturated rings. The summed E-state index contributed by atoms with van der Waals surface area (Å²) in [5.74, 6) is 1.53. The number of hydrogen-bond acceptors (Lipinski definition) is 4. The summed E-state index contributed by atoms with van der Waals surface area (Å²) in [5, 5.41) is 0. The number of carbonyl (C=O) groups excluding carboxylic acids is 1. The van der Waals surface area contributed by atoms with Gasteiger partial charge in [0.05, 0.1) is 7.11 Å². The third kappa shape index (κ3) is 6.33. The second-order valence-electron chi connectivity index (χ2n) is 9.54. The fourth-order valence-electron chi connectivity index (χ4n) is 4.81. The van der Waals surface area contributed by atoms with Crippen molar-refractivity contribution < 1.29 is 14.3 Å². The van der Waals surface area contributed by atoms with Crippen molar-refractivity contribution in [2.45, 2.75) is 25.9 Å². The normalized spacial score (nSPS) is 13.4. The number of hydrogen-bond donors (Lipinski definition) is 0. The molecule has 4 aromatic rings. The van der Waals surface area contributed by atoms with Crippen molar-refractivity contribution in [2.75, 3.05) is 25.1 Å². The Morgan fingerprint density at radius 3 is 2.24 bits per heavy atom. The molecule has 1 saturated heterocycles. The number of anilines is 1. The molecule has 4 aromatic carbocycles. The van der Waals surface area contributed by atoms with Gasteiger partial charge in [0.1, 0.15) is 18.1 Å². The second-order valence-corrected chi connectivity index (χ2v) is 9.54. The van der Waals surface area contributed by atoms with Crippen LogP contribution in [0.15, 0.2) is 103 Å². The van der Waals surface area contributed by atoms with Crippen molar-refractivity contribution in [3.8, 4) is 22.6 Å². The summed E-state index contributed by atoms with van der Waals surface area (Å²) in [7, 11) is 1.65. The molecule has 0 bridgehead atoms. The molecule has 192 valence electrons. The Balaban J connectivity index is 1.22. The average Bonchev–Trinajstić information content (AvgIpc) is 3.00. The molecule has 5 rings (SSSR count).